The van der Waals surface area contributed by atoms with E-state index in [2.05, 4.69) is 15.6 Å². The summed E-state index contributed by atoms with van der Waals surface area (Å²) in [5.41, 5.74) is 10.1. The molecule has 1 aromatic heterocycles. The molecule has 2 amide bonds. The zero-order chi connectivity index (χ0) is 24.7. The molecule has 4 atom stereocenters. The van der Waals surface area contributed by atoms with Crippen LogP contribution in [0.25, 0.3) is 0 Å². The summed E-state index contributed by atoms with van der Waals surface area (Å²) in [5, 5.41) is 22.2. The number of guanidine groups is 1. The summed E-state index contributed by atoms with van der Waals surface area (Å²) < 4.78 is 6.58. The van der Waals surface area contributed by atoms with Crippen molar-refractivity contribution in [3.8, 4) is 0 Å². The molecule has 2 heterocycles. The third-order valence-electron chi connectivity index (χ3n) is 4.86. The van der Waals surface area contributed by atoms with Crippen molar-refractivity contribution in [1.29, 1.82) is 5.41 Å². The van der Waals surface area contributed by atoms with Crippen molar-refractivity contribution in [3.05, 3.63) is 34.9 Å². The van der Waals surface area contributed by atoms with Crippen LogP contribution in [0.2, 0.25) is 0 Å². The molecule has 0 aromatic carbocycles. The first-order valence-electron chi connectivity index (χ1n) is 10.0. The Morgan fingerprint density at radius 2 is 2.09 bits per heavy atom. The van der Waals surface area contributed by atoms with Gasteiger partial charge in [-0.25, -0.2) is 9.59 Å². The molecule has 1 aromatic rings. The van der Waals surface area contributed by atoms with Gasteiger partial charge in [0.2, 0.25) is 11.8 Å². The fraction of sp³-hybridized carbons (Fsp3) is 0.474. The number of nitrogens with one attached hydrogen (secondary N) is 3. The molecule has 14 nitrogen and oxygen atoms in total. The van der Waals surface area contributed by atoms with E-state index in [1.165, 1.54) is 36.2 Å². The largest absolute Gasteiger partial charge is 0.479 e. The Morgan fingerprint density at radius 3 is 2.67 bits per heavy atom. The van der Waals surface area contributed by atoms with Gasteiger partial charge < -0.3 is 36.8 Å². The number of amides is 2. The standard InChI is InChI=1S/C19H28N8O6/c1-10(28)23-11(5-7-26(2)18(21)22)9-14(29)24-12-3-4-15(33-16(12)17(30)31)27-8-6-13(20)25-19(27)32/h3-4,6,8,11-12,15-16H,5,7,9H2,1-2H3,(H3,21,22)(H,23,28)(H,24,29)(H,30,31)(H2,20,25,32)/t11-,12?,15+,16-/m0/s1. The van der Waals surface area contributed by atoms with Crippen LogP contribution < -0.4 is 27.8 Å². The molecule has 1 aliphatic rings. The van der Waals surface area contributed by atoms with E-state index in [-0.39, 0.29) is 24.1 Å². The van der Waals surface area contributed by atoms with Gasteiger partial charge in [-0.3, -0.25) is 19.6 Å². The lowest BCUT2D eigenvalue weighted by Gasteiger charge is -2.31. The van der Waals surface area contributed by atoms with Crippen LogP contribution in [0.3, 0.4) is 0 Å². The molecule has 8 N–H and O–H groups in total. The minimum absolute atomic E-state index is 0.0131. The Balaban J connectivity index is 2.08. The lowest BCUT2D eigenvalue weighted by molar-refractivity contribution is -0.159. The second kappa shape index (κ2) is 11.1. The quantitative estimate of drug-likeness (QED) is 0.133. The van der Waals surface area contributed by atoms with Crippen molar-refractivity contribution in [2.45, 2.75) is 44.2 Å². The van der Waals surface area contributed by atoms with Gasteiger partial charge in [-0.15, -0.1) is 0 Å². The predicted molar refractivity (Wildman–Crippen MR) is 117 cm³/mol. The molecule has 180 valence electrons. The molecule has 0 radical (unpaired) electrons. The van der Waals surface area contributed by atoms with Crippen LogP contribution in [-0.4, -0.2) is 75.1 Å². The van der Waals surface area contributed by atoms with Crippen LogP contribution in [0.4, 0.5) is 5.82 Å². The number of nitrogens with zero attached hydrogens (tertiary/aromatic N) is 3. The van der Waals surface area contributed by atoms with Crippen molar-refractivity contribution in [1.82, 2.24) is 25.1 Å². The molecule has 33 heavy (non-hydrogen) atoms. The smallest absolute Gasteiger partial charge is 0.351 e. The first-order chi connectivity index (χ1) is 15.5. The van der Waals surface area contributed by atoms with E-state index in [4.69, 9.17) is 21.6 Å². The number of aromatic nitrogens is 2. The highest BCUT2D eigenvalue weighted by molar-refractivity contribution is 5.81. The fourth-order valence-corrected chi connectivity index (χ4v) is 3.16. The Labute approximate surface area is 189 Å². The highest BCUT2D eigenvalue weighted by Gasteiger charge is 2.35. The van der Waals surface area contributed by atoms with Gasteiger partial charge in [0, 0.05) is 39.2 Å². The van der Waals surface area contributed by atoms with Gasteiger partial charge in [-0.05, 0) is 18.6 Å². The number of hydrogen-bond acceptors (Lipinski definition) is 8. The Kier molecular flexibility index (Phi) is 8.50. The lowest BCUT2D eigenvalue weighted by atomic mass is 10.1. The first-order valence-corrected chi connectivity index (χ1v) is 10.0. The van der Waals surface area contributed by atoms with Crippen molar-refractivity contribution < 1.29 is 24.2 Å². The fourth-order valence-electron chi connectivity index (χ4n) is 3.16. The van der Waals surface area contributed by atoms with Crippen molar-refractivity contribution in [3.63, 3.8) is 0 Å². The summed E-state index contributed by atoms with van der Waals surface area (Å²) in [6.07, 6.45) is 1.85. The van der Waals surface area contributed by atoms with Gasteiger partial charge in [-0.2, -0.15) is 4.98 Å². The van der Waals surface area contributed by atoms with Gasteiger partial charge in [0.1, 0.15) is 5.82 Å². The number of anilines is 1. The van der Waals surface area contributed by atoms with Crippen molar-refractivity contribution >= 4 is 29.6 Å². The number of carboxylic acids is 1. The van der Waals surface area contributed by atoms with Crippen LogP contribution in [0.15, 0.2) is 29.2 Å². The Morgan fingerprint density at radius 1 is 1.39 bits per heavy atom. The summed E-state index contributed by atoms with van der Waals surface area (Å²) in [6, 6.07) is -0.205. The summed E-state index contributed by atoms with van der Waals surface area (Å²) in [6.45, 7) is 1.63. The van der Waals surface area contributed by atoms with Crippen LogP contribution in [0.1, 0.15) is 26.0 Å². The van der Waals surface area contributed by atoms with E-state index in [1.54, 1.807) is 7.05 Å². The molecule has 2 rings (SSSR count). The van der Waals surface area contributed by atoms with E-state index in [0.29, 0.717) is 13.0 Å². The number of hydrogen-bond donors (Lipinski definition) is 6. The summed E-state index contributed by atoms with van der Waals surface area (Å²) in [7, 11) is 1.60. The van der Waals surface area contributed by atoms with Gasteiger partial charge in [0.25, 0.3) is 0 Å². The van der Waals surface area contributed by atoms with E-state index in [1.807, 2.05) is 0 Å². The monoisotopic (exact) mass is 464 g/mol. The molecular weight excluding hydrogens is 436 g/mol. The van der Waals surface area contributed by atoms with Gasteiger partial charge >= 0.3 is 11.7 Å². The third kappa shape index (κ3) is 7.31. The number of carboxylic acid groups (broad SMARTS) is 1. The van der Waals surface area contributed by atoms with E-state index in [0.717, 1.165) is 4.57 Å². The molecule has 1 unspecified atom stereocenters. The number of carbonyl (C=O) groups is 3. The van der Waals surface area contributed by atoms with Gasteiger partial charge in [-0.1, -0.05) is 6.08 Å². The van der Waals surface area contributed by atoms with E-state index in [9.17, 15) is 24.3 Å². The second-order valence-corrected chi connectivity index (χ2v) is 7.50. The van der Waals surface area contributed by atoms with Crippen LogP contribution in [0.5, 0.6) is 0 Å². The van der Waals surface area contributed by atoms with E-state index >= 15 is 0 Å². The maximum Gasteiger partial charge on any atom is 0.351 e. The summed E-state index contributed by atoms with van der Waals surface area (Å²) >= 11 is 0. The highest BCUT2D eigenvalue weighted by Crippen LogP contribution is 2.21. The van der Waals surface area contributed by atoms with Crippen LogP contribution >= 0.6 is 0 Å². The molecule has 0 fully saturated rings. The number of rotatable bonds is 9. The Bertz CT molecular complexity index is 993. The zero-order valence-electron chi connectivity index (χ0n) is 18.2. The lowest BCUT2D eigenvalue weighted by Crippen LogP contribution is -2.51. The second-order valence-electron chi connectivity index (χ2n) is 7.50. The molecule has 0 aliphatic carbocycles. The molecular formula is C19H28N8O6. The number of nitrogen functional groups attached to an aromatic ring is 1. The van der Waals surface area contributed by atoms with Gasteiger partial charge in [0.15, 0.2) is 18.3 Å². The average molecular weight is 464 g/mol. The first kappa shape index (κ1) is 25.3. The molecule has 14 heteroatoms. The van der Waals surface area contributed by atoms with Gasteiger partial charge in [0.05, 0.1) is 6.04 Å². The zero-order valence-corrected chi connectivity index (χ0v) is 18.2. The van der Waals surface area contributed by atoms with Crippen LogP contribution in [-0.2, 0) is 19.1 Å². The van der Waals surface area contributed by atoms with E-state index < -0.39 is 42.0 Å². The molecule has 0 bridgehead atoms. The number of aliphatic carboxylic acids is 1. The minimum Gasteiger partial charge on any atom is -0.479 e. The maximum absolute atomic E-state index is 12.6. The minimum atomic E-state index is -1.48. The molecule has 1 aliphatic heterocycles. The summed E-state index contributed by atoms with van der Waals surface area (Å²) in [4.78, 5) is 52.9. The normalized spacial score (nSPS) is 20.5. The number of ether oxygens (including phenoxy) is 1. The third-order valence-corrected chi connectivity index (χ3v) is 4.86. The van der Waals surface area contributed by atoms with Crippen LogP contribution in [0, 0.1) is 5.41 Å². The average Bonchev–Trinajstić information content (AvgIpc) is 2.71. The topological polar surface area (TPSA) is 219 Å². The number of carbonyl (C=O) groups excluding carboxylic acids is 2. The molecule has 0 saturated carbocycles. The molecule has 0 saturated heterocycles. The highest BCUT2D eigenvalue weighted by atomic mass is 16.5. The van der Waals surface area contributed by atoms with Crippen molar-refractivity contribution in [2.24, 2.45) is 5.73 Å². The maximum atomic E-state index is 12.6. The number of nitrogens with two attached hydrogens (primary N) is 2. The Hall–Kier alpha value is -3.94. The SMILES string of the molecule is CC(=O)N[C@@H](CCN(C)C(=N)N)CC(=O)NC1C=C[C@H](n2ccc(N)nc2=O)O[C@@H]1C(=O)O. The summed E-state index contributed by atoms with van der Waals surface area (Å²) in [5.74, 6) is -2.34. The predicted octanol–water partition coefficient (Wildman–Crippen LogP) is -2.04. The van der Waals surface area contributed by atoms with Crippen molar-refractivity contribution in [2.75, 3.05) is 19.3 Å². The molecule has 0 spiro atoms.